The van der Waals surface area contributed by atoms with Crippen LogP contribution in [0.3, 0.4) is 0 Å². The summed E-state index contributed by atoms with van der Waals surface area (Å²) in [6, 6.07) is 30.2. The molecular weight excluding hydrogens is 266 g/mol. The van der Waals surface area contributed by atoms with Gasteiger partial charge >= 0.3 is 0 Å². The van der Waals surface area contributed by atoms with E-state index in [2.05, 4.69) is 89.9 Å². The Kier molecular flexibility index (Phi) is 3.24. The molecule has 106 valence electrons. The number of fused-ring (bicyclic) bond motifs is 1. The topological polar surface area (TPSA) is 15.8 Å². The lowest BCUT2D eigenvalue weighted by molar-refractivity contribution is 0.980. The third-order valence-electron chi connectivity index (χ3n) is 4.18. The van der Waals surface area contributed by atoms with Crippen LogP contribution in [-0.4, -0.2) is 4.98 Å². The Bertz CT molecular complexity index is 836. The molecule has 0 saturated carbocycles. The molecule has 22 heavy (non-hydrogen) atoms. The van der Waals surface area contributed by atoms with Gasteiger partial charge in [-0.3, -0.25) is 0 Å². The molecule has 0 amide bonds. The molecule has 1 heterocycles. The van der Waals surface area contributed by atoms with Crippen LogP contribution in [0.1, 0.15) is 22.6 Å². The molecule has 3 aromatic carbocycles. The lowest BCUT2D eigenvalue weighted by atomic mass is 9.85. The Morgan fingerprint density at radius 2 is 1.23 bits per heavy atom. The van der Waals surface area contributed by atoms with Crippen LogP contribution in [-0.2, 0) is 0 Å². The maximum Gasteiger partial charge on any atom is 0.0454 e. The largest absolute Gasteiger partial charge is 0.361 e. The summed E-state index contributed by atoms with van der Waals surface area (Å²) in [6.07, 6.45) is 1.99. The molecule has 0 aliphatic rings. The molecule has 4 rings (SSSR count). The fourth-order valence-electron chi connectivity index (χ4n) is 3.12. The lowest BCUT2D eigenvalue weighted by Gasteiger charge is -2.19. The first-order valence-electron chi connectivity index (χ1n) is 7.59. The van der Waals surface area contributed by atoms with Crippen molar-refractivity contribution in [3.05, 3.63) is 108 Å². The minimum atomic E-state index is 0.265. The zero-order valence-corrected chi connectivity index (χ0v) is 12.2. The maximum atomic E-state index is 3.27. The number of hydrogen-bond acceptors (Lipinski definition) is 0. The van der Waals surface area contributed by atoms with Gasteiger partial charge in [-0.25, -0.2) is 0 Å². The first kappa shape index (κ1) is 12.9. The Morgan fingerprint density at radius 1 is 0.591 bits per heavy atom. The fourth-order valence-corrected chi connectivity index (χ4v) is 3.12. The molecule has 0 aliphatic carbocycles. The van der Waals surface area contributed by atoms with Gasteiger partial charge in [-0.15, -0.1) is 0 Å². The second kappa shape index (κ2) is 5.53. The zero-order valence-electron chi connectivity index (χ0n) is 12.2. The van der Waals surface area contributed by atoms with Crippen molar-refractivity contribution in [3.8, 4) is 0 Å². The standard InChI is InChI=1S/C21H17N/c1-3-7-16(8-4-1)21(17-9-5-2-6-10-17)19-11-12-20-18(15-19)13-14-22-20/h1-15,21-22H. The van der Waals surface area contributed by atoms with E-state index in [1.807, 2.05) is 6.20 Å². The summed E-state index contributed by atoms with van der Waals surface area (Å²) >= 11 is 0. The van der Waals surface area contributed by atoms with Gasteiger partial charge in [0.05, 0.1) is 0 Å². The van der Waals surface area contributed by atoms with Crippen molar-refractivity contribution in [1.82, 2.24) is 4.98 Å². The van der Waals surface area contributed by atoms with Gasteiger partial charge < -0.3 is 4.98 Å². The van der Waals surface area contributed by atoms with Crippen LogP contribution < -0.4 is 0 Å². The van der Waals surface area contributed by atoms with Crippen LogP contribution in [0, 0.1) is 0 Å². The van der Waals surface area contributed by atoms with Crippen LogP contribution >= 0.6 is 0 Å². The normalized spacial score (nSPS) is 11.1. The first-order valence-corrected chi connectivity index (χ1v) is 7.59. The number of hydrogen-bond donors (Lipinski definition) is 1. The van der Waals surface area contributed by atoms with Gasteiger partial charge in [-0.1, -0.05) is 66.7 Å². The van der Waals surface area contributed by atoms with E-state index in [1.165, 1.54) is 27.6 Å². The summed E-state index contributed by atoms with van der Waals surface area (Å²) < 4.78 is 0. The Balaban J connectivity index is 1.90. The summed E-state index contributed by atoms with van der Waals surface area (Å²) in [5.74, 6) is 0.265. The van der Waals surface area contributed by atoms with E-state index in [-0.39, 0.29) is 5.92 Å². The molecule has 1 aromatic heterocycles. The van der Waals surface area contributed by atoms with E-state index in [0.717, 1.165) is 0 Å². The van der Waals surface area contributed by atoms with Crippen molar-refractivity contribution in [2.24, 2.45) is 0 Å². The van der Waals surface area contributed by atoms with Gasteiger partial charge in [0, 0.05) is 17.6 Å². The van der Waals surface area contributed by atoms with E-state index >= 15 is 0 Å². The third kappa shape index (κ3) is 2.31. The molecule has 1 heteroatoms. The molecule has 0 aliphatic heterocycles. The Labute approximate surface area is 130 Å². The molecule has 4 aromatic rings. The lowest BCUT2D eigenvalue weighted by Crippen LogP contribution is -2.03. The second-order valence-electron chi connectivity index (χ2n) is 5.58. The van der Waals surface area contributed by atoms with Gasteiger partial charge in [0.25, 0.3) is 0 Å². The average molecular weight is 283 g/mol. The highest BCUT2D eigenvalue weighted by atomic mass is 14.7. The molecule has 0 saturated heterocycles. The number of rotatable bonds is 3. The van der Waals surface area contributed by atoms with Crippen LogP contribution in [0.15, 0.2) is 91.1 Å². The highest BCUT2D eigenvalue weighted by Crippen LogP contribution is 2.33. The molecular formula is C21H17N. The predicted molar refractivity (Wildman–Crippen MR) is 92.1 cm³/mol. The van der Waals surface area contributed by atoms with E-state index in [0.29, 0.717) is 0 Å². The summed E-state index contributed by atoms with van der Waals surface area (Å²) in [5, 5.41) is 1.26. The van der Waals surface area contributed by atoms with Gasteiger partial charge in [-0.05, 0) is 40.3 Å². The smallest absolute Gasteiger partial charge is 0.0454 e. The maximum absolute atomic E-state index is 3.27. The van der Waals surface area contributed by atoms with Crippen LogP contribution in [0.25, 0.3) is 10.9 Å². The van der Waals surface area contributed by atoms with Crippen molar-refractivity contribution in [2.75, 3.05) is 0 Å². The Morgan fingerprint density at radius 3 is 1.86 bits per heavy atom. The molecule has 0 radical (unpaired) electrons. The minimum Gasteiger partial charge on any atom is -0.361 e. The number of nitrogens with one attached hydrogen (secondary N) is 1. The third-order valence-corrected chi connectivity index (χ3v) is 4.18. The summed E-state index contributed by atoms with van der Waals surface area (Å²) in [7, 11) is 0. The van der Waals surface area contributed by atoms with Gasteiger partial charge in [0.1, 0.15) is 0 Å². The molecule has 0 unspecified atom stereocenters. The molecule has 0 atom stereocenters. The van der Waals surface area contributed by atoms with Crippen LogP contribution in [0.5, 0.6) is 0 Å². The van der Waals surface area contributed by atoms with Crippen LogP contribution in [0.2, 0.25) is 0 Å². The highest BCUT2D eigenvalue weighted by Gasteiger charge is 2.16. The van der Waals surface area contributed by atoms with Crippen molar-refractivity contribution in [2.45, 2.75) is 5.92 Å². The average Bonchev–Trinajstić information content (AvgIpc) is 3.05. The van der Waals surface area contributed by atoms with Gasteiger partial charge in [0.15, 0.2) is 0 Å². The number of aromatic nitrogens is 1. The van der Waals surface area contributed by atoms with E-state index in [1.54, 1.807) is 0 Å². The predicted octanol–water partition coefficient (Wildman–Crippen LogP) is 5.35. The number of benzene rings is 3. The zero-order chi connectivity index (χ0) is 14.8. The minimum absolute atomic E-state index is 0.265. The summed E-state index contributed by atoms with van der Waals surface area (Å²) in [5.41, 5.74) is 5.15. The van der Waals surface area contributed by atoms with Gasteiger partial charge in [-0.2, -0.15) is 0 Å². The van der Waals surface area contributed by atoms with Crippen molar-refractivity contribution < 1.29 is 0 Å². The van der Waals surface area contributed by atoms with E-state index in [4.69, 9.17) is 0 Å². The van der Waals surface area contributed by atoms with Crippen molar-refractivity contribution in [1.29, 1.82) is 0 Å². The molecule has 0 fully saturated rings. The fraction of sp³-hybridized carbons (Fsp3) is 0.0476. The molecule has 1 nitrogen and oxygen atoms in total. The van der Waals surface area contributed by atoms with E-state index < -0.39 is 0 Å². The first-order chi connectivity index (χ1) is 10.9. The number of H-pyrrole nitrogens is 1. The monoisotopic (exact) mass is 283 g/mol. The number of aromatic amines is 1. The van der Waals surface area contributed by atoms with Gasteiger partial charge in [0.2, 0.25) is 0 Å². The van der Waals surface area contributed by atoms with E-state index in [9.17, 15) is 0 Å². The second-order valence-corrected chi connectivity index (χ2v) is 5.58. The summed E-state index contributed by atoms with van der Waals surface area (Å²) in [4.78, 5) is 3.27. The Hall–Kier alpha value is -2.80. The highest BCUT2D eigenvalue weighted by molar-refractivity contribution is 5.80. The van der Waals surface area contributed by atoms with Crippen molar-refractivity contribution in [3.63, 3.8) is 0 Å². The quantitative estimate of drug-likeness (QED) is 0.488. The van der Waals surface area contributed by atoms with Crippen molar-refractivity contribution >= 4 is 10.9 Å². The SMILES string of the molecule is c1ccc(C(c2ccccc2)c2ccc3[nH]ccc3c2)cc1. The van der Waals surface area contributed by atoms with Crippen LogP contribution in [0.4, 0.5) is 0 Å². The molecule has 0 bridgehead atoms. The molecule has 0 spiro atoms. The summed E-state index contributed by atoms with van der Waals surface area (Å²) in [6.45, 7) is 0. The molecule has 1 N–H and O–H groups in total.